The van der Waals surface area contributed by atoms with Gasteiger partial charge in [-0.05, 0) is 49.9 Å². The molecule has 2 heterocycles. The van der Waals surface area contributed by atoms with E-state index in [9.17, 15) is 9.90 Å². The molecule has 8 heteroatoms. The van der Waals surface area contributed by atoms with Gasteiger partial charge in [-0.3, -0.25) is 14.6 Å². The smallest absolute Gasteiger partial charge is 0.303 e. The third-order valence-electron chi connectivity index (χ3n) is 7.16. The molecule has 196 valence electrons. The van der Waals surface area contributed by atoms with Crippen LogP contribution in [0.15, 0.2) is 67.5 Å². The average molecular weight is 504 g/mol. The second-order valence-electron chi connectivity index (χ2n) is 9.91. The van der Waals surface area contributed by atoms with Gasteiger partial charge < -0.3 is 10.2 Å². The Balaban J connectivity index is 1.59. The molecule has 1 aromatic heterocycles. The zero-order chi connectivity index (χ0) is 26.4. The predicted molar refractivity (Wildman–Crippen MR) is 144 cm³/mol. The molecule has 3 aromatic rings. The summed E-state index contributed by atoms with van der Waals surface area (Å²) in [5.41, 5.74) is 3.18. The van der Waals surface area contributed by atoms with Gasteiger partial charge in [0.25, 0.3) is 0 Å². The summed E-state index contributed by atoms with van der Waals surface area (Å²) in [6.07, 6.45) is 5.01. The minimum Gasteiger partial charge on any atom is -0.508 e. The normalized spacial score (nSPS) is 19.5. The summed E-state index contributed by atoms with van der Waals surface area (Å²) in [6.45, 7) is 11.8. The first-order valence-corrected chi connectivity index (χ1v) is 13.0. The molecule has 4 rings (SSSR count). The number of carboxylic acids is 1. The Morgan fingerprint density at radius 2 is 1.89 bits per heavy atom. The monoisotopic (exact) mass is 503 g/mol. The lowest BCUT2D eigenvalue weighted by Gasteiger charge is -2.47. The number of hydrogen-bond acceptors (Lipinski definition) is 6. The first kappa shape index (κ1) is 26.6. The summed E-state index contributed by atoms with van der Waals surface area (Å²) in [5.74, 6) is 0.262. The average Bonchev–Trinajstić information content (AvgIpc) is 3.34. The maximum absolute atomic E-state index is 10.8. The summed E-state index contributed by atoms with van der Waals surface area (Å²) in [4.78, 5) is 20.2. The third-order valence-corrected chi connectivity index (χ3v) is 7.16. The highest BCUT2D eigenvalue weighted by molar-refractivity contribution is 5.66. The second-order valence-corrected chi connectivity index (χ2v) is 9.91. The molecular weight excluding hydrogens is 466 g/mol. The first-order valence-electron chi connectivity index (χ1n) is 13.0. The van der Waals surface area contributed by atoms with E-state index in [1.54, 1.807) is 12.4 Å². The Kier molecular flexibility index (Phi) is 8.74. The Hall–Kier alpha value is -3.49. The van der Waals surface area contributed by atoms with Gasteiger partial charge in [-0.25, -0.2) is 9.67 Å². The van der Waals surface area contributed by atoms with Crippen molar-refractivity contribution in [3.05, 3.63) is 78.6 Å². The van der Waals surface area contributed by atoms with Crippen LogP contribution in [0.4, 0.5) is 0 Å². The molecular formula is C29H37N5O3. The van der Waals surface area contributed by atoms with Crippen LogP contribution < -0.4 is 0 Å². The molecule has 37 heavy (non-hydrogen) atoms. The number of aromatic nitrogens is 3. The number of rotatable bonds is 11. The van der Waals surface area contributed by atoms with Gasteiger partial charge in [0.1, 0.15) is 12.1 Å². The number of carbonyl (C=O) groups is 1. The number of phenols is 1. The number of aryl methyl sites for hydroxylation is 1. The summed E-state index contributed by atoms with van der Waals surface area (Å²) in [5, 5.41) is 23.5. The molecule has 2 N–H and O–H groups in total. The number of nitrogens with zero attached hydrogens (tertiary/aromatic N) is 5. The Morgan fingerprint density at radius 3 is 2.59 bits per heavy atom. The number of hydrogen-bond donors (Lipinski definition) is 2. The summed E-state index contributed by atoms with van der Waals surface area (Å²) in [6, 6.07) is 16.7. The molecule has 1 aliphatic rings. The molecule has 2 aromatic carbocycles. The molecule has 0 bridgehead atoms. The number of unbranched alkanes of at least 4 members (excludes halogenated alkanes) is 1. The first-order chi connectivity index (χ1) is 17.9. The van der Waals surface area contributed by atoms with Gasteiger partial charge in [-0.1, -0.05) is 42.5 Å². The van der Waals surface area contributed by atoms with Gasteiger partial charge in [0.15, 0.2) is 5.82 Å². The number of aliphatic carboxylic acids is 1. The van der Waals surface area contributed by atoms with E-state index in [1.807, 2.05) is 22.9 Å². The minimum atomic E-state index is -0.776. The van der Waals surface area contributed by atoms with Crippen molar-refractivity contribution in [2.45, 2.75) is 57.8 Å². The summed E-state index contributed by atoms with van der Waals surface area (Å²) >= 11 is 0. The topological polar surface area (TPSA) is 94.7 Å². The highest BCUT2D eigenvalue weighted by atomic mass is 16.4. The number of phenolic OH excluding ortho intramolecular Hbond substituents is 1. The molecule has 1 saturated heterocycles. The Morgan fingerprint density at radius 1 is 1.11 bits per heavy atom. The van der Waals surface area contributed by atoms with E-state index in [1.165, 1.54) is 0 Å². The number of benzene rings is 2. The molecule has 0 spiro atoms. The number of carboxylic acid groups (broad SMARTS) is 1. The highest BCUT2D eigenvalue weighted by Gasteiger charge is 2.34. The van der Waals surface area contributed by atoms with Crippen molar-refractivity contribution in [1.82, 2.24) is 24.6 Å². The fourth-order valence-corrected chi connectivity index (χ4v) is 5.28. The van der Waals surface area contributed by atoms with Crippen LogP contribution in [0.25, 0.3) is 11.4 Å². The van der Waals surface area contributed by atoms with E-state index in [-0.39, 0.29) is 18.2 Å². The van der Waals surface area contributed by atoms with Crippen LogP contribution in [0, 0.1) is 0 Å². The Bertz CT molecular complexity index is 1190. The van der Waals surface area contributed by atoms with Crippen molar-refractivity contribution in [3.8, 4) is 17.1 Å². The lowest BCUT2D eigenvalue weighted by atomic mass is 9.92. The van der Waals surface area contributed by atoms with E-state index in [0.29, 0.717) is 25.0 Å². The van der Waals surface area contributed by atoms with Crippen molar-refractivity contribution in [3.63, 3.8) is 0 Å². The van der Waals surface area contributed by atoms with Crippen molar-refractivity contribution in [1.29, 1.82) is 0 Å². The third kappa shape index (κ3) is 6.45. The van der Waals surface area contributed by atoms with Crippen LogP contribution in [-0.2, 0) is 11.3 Å². The van der Waals surface area contributed by atoms with Crippen LogP contribution in [0.5, 0.6) is 5.75 Å². The van der Waals surface area contributed by atoms with Gasteiger partial charge in [0.2, 0.25) is 0 Å². The lowest BCUT2D eigenvalue weighted by molar-refractivity contribution is -0.137. The molecule has 0 radical (unpaired) electrons. The largest absolute Gasteiger partial charge is 0.508 e. The quantitative estimate of drug-likeness (QED) is 0.292. The SMILES string of the molecule is C=CCN1CC(C)N(C(c2ccc(-c3ncnn3CCCCC(=O)O)cc2)c2cccc(O)c2)CC1C. The van der Waals surface area contributed by atoms with E-state index in [2.05, 4.69) is 70.6 Å². The van der Waals surface area contributed by atoms with Crippen molar-refractivity contribution >= 4 is 5.97 Å². The zero-order valence-corrected chi connectivity index (χ0v) is 21.7. The lowest BCUT2D eigenvalue weighted by Crippen LogP contribution is -2.57. The van der Waals surface area contributed by atoms with E-state index < -0.39 is 5.97 Å². The number of piperazine rings is 1. The molecule has 8 nitrogen and oxygen atoms in total. The summed E-state index contributed by atoms with van der Waals surface area (Å²) in [7, 11) is 0. The summed E-state index contributed by atoms with van der Waals surface area (Å²) < 4.78 is 1.84. The molecule has 3 unspecified atom stereocenters. The second kappa shape index (κ2) is 12.2. The molecule has 1 aliphatic heterocycles. The van der Waals surface area contributed by atoms with Gasteiger partial charge in [-0.2, -0.15) is 5.10 Å². The fourth-order valence-electron chi connectivity index (χ4n) is 5.28. The van der Waals surface area contributed by atoms with Gasteiger partial charge in [-0.15, -0.1) is 6.58 Å². The fraction of sp³-hybridized carbons (Fsp3) is 0.414. The van der Waals surface area contributed by atoms with Crippen molar-refractivity contribution < 1.29 is 15.0 Å². The highest BCUT2D eigenvalue weighted by Crippen LogP contribution is 2.35. The predicted octanol–water partition coefficient (Wildman–Crippen LogP) is 4.58. The van der Waals surface area contributed by atoms with Gasteiger partial charge in [0, 0.05) is 50.2 Å². The molecule has 1 fully saturated rings. The van der Waals surface area contributed by atoms with Gasteiger partial charge >= 0.3 is 5.97 Å². The van der Waals surface area contributed by atoms with Crippen LogP contribution in [0.1, 0.15) is 50.3 Å². The van der Waals surface area contributed by atoms with E-state index in [0.717, 1.165) is 48.6 Å². The maximum Gasteiger partial charge on any atom is 0.303 e. The van der Waals surface area contributed by atoms with Crippen molar-refractivity contribution in [2.75, 3.05) is 19.6 Å². The van der Waals surface area contributed by atoms with Crippen LogP contribution in [0.2, 0.25) is 0 Å². The number of aromatic hydroxyl groups is 1. The Labute approximate surface area is 218 Å². The maximum atomic E-state index is 10.8. The van der Waals surface area contributed by atoms with Crippen LogP contribution in [-0.4, -0.2) is 72.5 Å². The van der Waals surface area contributed by atoms with Crippen LogP contribution in [0.3, 0.4) is 0 Å². The molecule has 0 aliphatic carbocycles. The standard InChI is InChI=1S/C29H37N5O3/c1-4-15-32-18-22(3)33(19-21(32)2)28(25-8-7-9-26(35)17-25)23-11-13-24(14-12-23)29-30-20-31-34(29)16-6-5-10-27(36)37/h4,7-9,11-14,17,20-22,28,35H,1,5-6,10,15-16,18-19H2,2-3H3,(H,36,37). The van der Waals surface area contributed by atoms with Crippen LogP contribution >= 0.6 is 0 Å². The molecule has 0 amide bonds. The van der Waals surface area contributed by atoms with Crippen molar-refractivity contribution in [2.24, 2.45) is 0 Å². The van der Waals surface area contributed by atoms with E-state index in [4.69, 9.17) is 5.11 Å². The van der Waals surface area contributed by atoms with E-state index >= 15 is 0 Å². The van der Waals surface area contributed by atoms with Gasteiger partial charge in [0.05, 0.1) is 6.04 Å². The molecule has 3 atom stereocenters. The molecule has 0 saturated carbocycles. The minimum absolute atomic E-state index is 0.00151. The zero-order valence-electron chi connectivity index (χ0n) is 21.7.